The Morgan fingerprint density at radius 3 is 2.37 bits per heavy atom. The maximum Gasteiger partial charge on any atom is 0.320 e. The molecule has 0 amide bonds. The quantitative estimate of drug-likeness (QED) is 0.873. The lowest BCUT2D eigenvalue weighted by Crippen LogP contribution is -1.97. The van der Waals surface area contributed by atoms with E-state index in [-0.39, 0.29) is 16.3 Å². The second kappa shape index (κ2) is 5.18. The third-order valence-corrected chi connectivity index (χ3v) is 3.63. The zero-order valence-corrected chi connectivity index (χ0v) is 11.9. The van der Waals surface area contributed by atoms with Gasteiger partial charge in [-0.05, 0) is 31.2 Å². The largest absolute Gasteiger partial charge is 0.406 e. The van der Waals surface area contributed by atoms with Crippen LogP contribution in [0.5, 0.6) is 0 Å². The molecule has 1 atom stereocenters. The van der Waals surface area contributed by atoms with Gasteiger partial charge in [0.2, 0.25) is 5.89 Å². The van der Waals surface area contributed by atoms with Gasteiger partial charge < -0.3 is 9.73 Å². The van der Waals surface area contributed by atoms with Crippen LogP contribution in [0.15, 0.2) is 33.6 Å². The minimum absolute atomic E-state index is 0.203. The van der Waals surface area contributed by atoms with E-state index in [4.69, 9.17) is 16.0 Å². The first-order valence-corrected chi connectivity index (χ1v) is 7.73. The van der Waals surface area contributed by atoms with Crippen LogP contribution in [-0.4, -0.2) is 24.9 Å². The minimum Gasteiger partial charge on any atom is -0.406 e. The lowest BCUT2D eigenvalue weighted by atomic mass is 10.3. The Morgan fingerprint density at radius 2 is 1.89 bits per heavy atom. The smallest absolute Gasteiger partial charge is 0.320 e. The van der Waals surface area contributed by atoms with E-state index < -0.39 is 9.84 Å². The van der Waals surface area contributed by atoms with Crippen LogP contribution in [0.4, 0.5) is 11.7 Å². The highest BCUT2D eigenvalue weighted by atomic mass is 35.5. The highest BCUT2D eigenvalue weighted by molar-refractivity contribution is 7.90. The molecule has 0 saturated heterocycles. The topological polar surface area (TPSA) is 85.1 Å². The average molecular weight is 302 g/mol. The van der Waals surface area contributed by atoms with Gasteiger partial charge in [-0.25, -0.2) is 8.42 Å². The standard InChI is InChI=1S/C11H12ClN3O3S/c1-7(12)10-14-15-11(18-10)13-8-3-5-9(6-4-8)19(2,16)17/h3-7H,1-2H3,(H,13,15). The number of hydrogen-bond donors (Lipinski definition) is 1. The molecule has 8 heteroatoms. The summed E-state index contributed by atoms with van der Waals surface area (Å²) in [5.41, 5.74) is 0.643. The van der Waals surface area contributed by atoms with E-state index in [0.717, 1.165) is 6.26 Å². The lowest BCUT2D eigenvalue weighted by molar-refractivity contribution is 0.510. The Hall–Kier alpha value is -1.60. The zero-order chi connectivity index (χ0) is 14.0. The number of nitrogens with one attached hydrogen (secondary N) is 1. The molecule has 0 fully saturated rings. The molecule has 102 valence electrons. The summed E-state index contributed by atoms with van der Waals surface area (Å²) >= 11 is 5.80. The van der Waals surface area contributed by atoms with E-state index in [2.05, 4.69) is 15.5 Å². The third-order valence-electron chi connectivity index (χ3n) is 2.31. The van der Waals surface area contributed by atoms with Gasteiger partial charge in [0.05, 0.1) is 4.90 Å². The van der Waals surface area contributed by atoms with Gasteiger partial charge in [0.25, 0.3) is 0 Å². The van der Waals surface area contributed by atoms with Crippen LogP contribution in [0.1, 0.15) is 18.2 Å². The van der Waals surface area contributed by atoms with Gasteiger partial charge in [0.1, 0.15) is 5.38 Å². The van der Waals surface area contributed by atoms with Crippen molar-refractivity contribution in [2.75, 3.05) is 11.6 Å². The molecular formula is C11H12ClN3O3S. The predicted molar refractivity (Wildman–Crippen MR) is 71.4 cm³/mol. The molecule has 0 spiro atoms. The van der Waals surface area contributed by atoms with E-state index in [1.807, 2.05) is 0 Å². The van der Waals surface area contributed by atoms with E-state index in [0.29, 0.717) is 11.6 Å². The Bertz CT molecular complexity index is 665. The predicted octanol–water partition coefficient (Wildman–Crippen LogP) is 2.52. The van der Waals surface area contributed by atoms with Crippen molar-refractivity contribution in [1.82, 2.24) is 10.2 Å². The summed E-state index contributed by atoms with van der Waals surface area (Å²) in [6.45, 7) is 1.72. The lowest BCUT2D eigenvalue weighted by Gasteiger charge is -2.02. The number of rotatable bonds is 4. The molecule has 1 heterocycles. The average Bonchev–Trinajstić information content (AvgIpc) is 2.77. The molecule has 0 aliphatic carbocycles. The zero-order valence-electron chi connectivity index (χ0n) is 10.3. The Morgan fingerprint density at radius 1 is 1.26 bits per heavy atom. The highest BCUT2D eigenvalue weighted by Crippen LogP contribution is 2.22. The SMILES string of the molecule is CC(Cl)c1nnc(Nc2ccc(S(C)(=O)=O)cc2)o1. The molecule has 1 aromatic heterocycles. The number of hydrogen-bond acceptors (Lipinski definition) is 6. The van der Waals surface area contributed by atoms with Crippen LogP contribution < -0.4 is 5.32 Å². The third kappa shape index (κ3) is 3.45. The molecule has 0 saturated carbocycles. The molecule has 0 aliphatic heterocycles. The van der Waals surface area contributed by atoms with Crippen molar-refractivity contribution < 1.29 is 12.8 Å². The number of halogens is 1. The van der Waals surface area contributed by atoms with Gasteiger partial charge in [-0.15, -0.1) is 16.7 Å². The molecule has 1 N–H and O–H groups in total. The Balaban J connectivity index is 2.15. The molecule has 1 aromatic carbocycles. The van der Waals surface area contributed by atoms with E-state index in [9.17, 15) is 8.42 Å². The van der Waals surface area contributed by atoms with Crippen LogP contribution in [-0.2, 0) is 9.84 Å². The van der Waals surface area contributed by atoms with Crippen LogP contribution in [0.2, 0.25) is 0 Å². The Kier molecular flexibility index (Phi) is 3.77. The summed E-state index contributed by atoms with van der Waals surface area (Å²) in [6.07, 6.45) is 1.15. The number of sulfone groups is 1. The first kappa shape index (κ1) is 13.8. The van der Waals surface area contributed by atoms with Gasteiger partial charge in [0.15, 0.2) is 9.84 Å². The summed E-state index contributed by atoms with van der Waals surface area (Å²) in [7, 11) is -3.20. The fourth-order valence-corrected chi connectivity index (χ4v) is 2.07. The van der Waals surface area contributed by atoms with Gasteiger partial charge >= 0.3 is 6.01 Å². The first-order chi connectivity index (χ1) is 8.86. The number of benzene rings is 1. The summed E-state index contributed by atoms with van der Waals surface area (Å²) in [5.74, 6) is 0.317. The molecule has 2 rings (SSSR count). The molecular weight excluding hydrogens is 290 g/mol. The summed E-state index contributed by atoms with van der Waals surface area (Å²) < 4.78 is 27.9. The van der Waals surface area contributed by atoms with E-state index in [1.165, 1.54) is 12.1 Å². The highest BCUT2D eigenvalue weighted by Gasteiger charge is 2.11. The second-order valence-electron chi connectivity index (χ2n) is 3.98. The summed E-state index contributed by atoms with van der Waals surface area (Å²) in [4.78, 5) is 0.249. The Labute approximate surface area is 115 Å². The molecule has 19 heavy (non-hydrogen) atoms. The van der Waals surface area contributed by atoms with Gasteiger partial charge in [-0.2, -0.15) is 0 Å². The van der Waals surface area contributed by atoms with E-state index >= 15 is 0 Å². The van der Waals surface area contributed by atoms with Crippen LogP contribution in [0.3, 0.4) is 0 Å². The molecule has 0 radical (unpaired) electrons. The van der Waals surface area contributed by atoms with Crippen molar-refractivity contribution in [1.29, 1.82) is 0 Å². The van der Waals surface area contributed by atoms with Crippen molar-refractivity contribution in [3.8, 4) is 0 Å². The minimum atomic E-state index is -3.20. The number of aromatic nitrogens is 2. The number of alkyl halides is 1. The maximum atomic E-state index is 11.3. The number of nitrogens with zero attached hydrogens (tertiary/aromatic N) is 2. The molecule has 0 bridgehead atoms. The first-order valence-electron chi connectivity index (χ1n) is 5.41. The maximum absolute atomic E-state index is 11.3. The summed E-state index contributed by atoms with van der Waals surface area (Å²) in [5, 5.41) is 10.0. The van der Waals surface area contributed by atoms with Crippen LogP contribution >= 0.6 is 11.6 Å². The van der Waals surface area contributed by atoms with Gasteiger partial charge in [-0.1, -0.05) is 5.10 Å². The molecule has 6 nitrogen and oxygen atoms in total. The van der Waals surface area contributed by atoms with Crippen LogP contribution in [0.25, 0.3) is 0 Å². The molecule has 1 unspecified atom stereocenters. The normalized spacial score (nSPS) is 13.2. The van der Waals surface area contributed by atoms with Gasteiger partial charge in [0, 0.05) is 11.9 Å². The van der Waals surface area contributed by atoms with Crippen molar-refractivity contribution in [3.05, 3.63) is 30.2 Å². The van der Waals surface area contributed by atoms with Crippen molar-refractivity contribution in [2.45, 2.75) is 17.2 Å². The van der Waals surface area contributed by atoms with Crippen LogP contribution in [0, 0.1) is 0 Å². The van der Waals surface area contributed by atoms with E-state index in [1.54, 1.807) is 19.1 Å². The second-order valence-corrected chi connectivity index (χ2v) is 6.65. The monoisotopic (exact) mass is 301 g/mol. The van der Waals surface area contributed by atoms with Crippen molar-refractivity contribution in [2.24, 2.45) is 0 Å². The summed E-state index contributed by atoms with van der Waals surface area (Å²) in [6, 6.07) is 6.43. The fourth-order valence-electron chi connectivity index (χ4n) is 1.35. The van der Waals surface area contributed by atoms with Crippen molar-refractivity contribution >= 4 is 33.1 Å². The van der Waals surface area contributed by atoms with Gasteiger partial charge in [-0.3, -0.25) is 0 Å². The molecule has 2 aromatic rings. The number of anilines is 2. The molecule has 0 aliphatic rings. The van der Waals surface area contributed by atoms with Crippen molar-refractivity contribution in [3.63, 3.8) is 0 Å². The fraction of sp³-hybridized carbons (Fsp3) is 0.273.